The number of rotatable bonds is 3. The fourth-order valence-electron chi connectivity index (χ4n) is 2.54. The van der Waals surface area contributed by atoms with Crippen LogP contribution in [0.4, 0.5) is 0 Å². The molecule has 5 nitrogen and oxygen atoms in total. The molecule has 104 valence electrons. The van der Waals surface area contributed by atoms with E-state index in [0.717, 1.165) is 58.9 Å². The summed E-state index contributed by atoms with van der Waals surface area (Å²) in [5.74, 6) is 0.230. The molecule has 0 saturated carbocycles. The zero-order valence-electron chi connectivity index (χ0n) is 11.6. The standard InChI is InChI=1S/C13H25N3O2/c1-13(2)12(17)16(5-3-4-14-13)7-6-15-8-10-18-11-9-15/h14H,3-11H2,1-2H3. The molecule has 1 amide bonds. The summed E-state index contributed by atoms with van der Waals surface area (Å²) in [7, 11) is 0. The quantitative estimate of drug-likeness (QED) is 0.766. The van der Waals surface area contributed by atoms with E-state index in [-0.39, 0.29) is 5.91 Å². The summed E-state index contributed by atoms with van der Waals surface area (Å²) in [6.45, 7) is 11.2. The van der Waals surface area contributed by atoms with E-state index >= 15 is 0 Å². The number of nitrogens with zero attached hydrogens (tertiary/aromatic N) is 2. The largest absolute Gasteiger partial charge is 0.379 e. The molecule has 0 radical (unpaired) electrons. The first-order valence-corrected chi connectivity index (χ1v) is 6.94. The van der Waals surface area contributed by atoms with Crippen molar-refractivity contribution in [3.63, 3.8) is 0 Å². The Labute approximate surface area is 109 Å². The van der Waals surface area contributed by atoms with Crippen LogP contribution in [0.1, 0.15) is 20.3 Å². The van der Waals surface area contributed by atoms with E-state index in [4.69, 9.17) is 4.74 Å². The van der Waals surface area contributed by atoms with Crippen LogP contribution < -0.4 is 5.32 Å². The van der Waals surface area contributed by atoms with Crippen LogP contribution in [0.5, 0.6) is 0 Å². The number of carbonyl (C=O) groups excluding carboxylic acids is 1. The predicted octanol–water partition coefficient (Wildman–Crippen LogP) is -0.0809. The van der Waals surface area contributed by atoms with Gasteiger partial charge in [0.1, 0.15) is 0 Å². The Hall–Kier alpha value is -0.650. The molecule has 18 heavy (non-hydrogen) atoms. The van der Waals surface area contributed by atoms with Crippen molar-refractivity contribution in [2.45, 2.75) is 25.8 Å². The molecule has 2 aliphatic heterocycles. The number of morpholine rings is 1. The first-order chi connectivity index (χ1) is 8.59. The summed E-state index contributed by atoms with van der Waals surface area (Å²) in [4.78, 5) is 16.7. The maximum atomic E-state index is 12.4. The summed E-state index contributed by atoms with van der Waals surface area (Å²) in [6.07, 6.45) is 1.04. The Morgan fingerprint density at radius 2 is 1.94 bits per heavy atom. The summed E-state index contributed by atoms with van der Waals surface area (Å²) in [6, 6.07) is 0. The molecule has 0 atom stereocenters. The first kappa shape index (κ1) is 13.8. The maximum Gasteiger partial charge on any atom is 0.242 e. The van der Waals surface area contributed by atoms with Gasteiger partial charge in [-0.15, -0.1) is 0 Å². The normalized spacial score (nSPS) is 26.1. The lowest BCUT2D eigenvalue weighted by Gasteiger charge is -2.32. The lowest BCUT2D eigenvalue weighted by Crippen LogP contribution is -2.53. The fourth-order valence-corrected chi connectivity index (χ4v) is 2.54. The van der Waals surface area contributed by atoms with Crippen LogP contribution in [0.3, 0.4) is 0 Å². The molecule has 1 N–H and O–H groups in total. The van der Waals surface area contributed by atoms with Crippen molar-refractivity contribution < 1.29 is 9.53 Å². The molecule has 0 aliphatic carbocycles. The van der Waals surface area contributed by atoms with Gasteiger partial charge in [-0.2, -0.15) is 0 Å². The molecule has 2 heterocycles. The summed E-state index contributed by atoms with van der Waals surface area (Å²) in [5.41, 5.74) is -0.415. The smallest absolute Gasteiger partial charge is 0.242 e. The number of amides is 1. The van der Waals surface area contributed by atoms with Gasteiger partial charge in [0.05, 0.1) is 18.8 Å². The molecular formula is C13H25N3O2. The zero-order valence-corrected chi connectivity index (χ0v) is 11.6. The highest BCUT2D eigenvalue weighted by molar-refractivity contribution is 5.85. The Morgan fingerprint density at radius 3 is 2.67 bits per heavy atom. The number of carbonyl (C=O) groups is 1. The molecule has 0 aromatic heterocycles. The maximum absolute atomic E-state index is 12.4. The third-order valence-electron chi connectivity index (χ3n) is 3.78. The van der Waals surface area contributed by atoms with E-state index in [9.17, 15) is 4.79 Å². The van der Waals surface area contributed by atoms with Gasteiger partial charge in [-0.25, -0.2) is 0 Å². The van der Waals surface area contributed by atoms with Gasteiger partial charge in [0.2, 0.25) is 5.91 Å². The Kier molecular flexibility index (Phi) is 4.59. The average Bonchev–Trinajstić information content (AvgIpc) is 2.49. The van der Waals surface area contributed by atoms with Gasteiger partial charge in [-0.05, 0) is 26.8 Å². The van der Waals surface area contributed by atoms with Gasteiger partial charge in [0.25, 0.3) is 0 Å². The Bertz CT molecular complexity index is 288. The van der Waals surface area contributed by atoms with Crippen LogP contribution >= 0.6 is 0 Å². The van der Waals surface area contributed by atoms with Crippen LogP contribution in [-0.4, -0.2) is 73.7 Å². The van der Waals surface area contributed by atoms with Crippen LogP contribution in [0.2, 0.25) is 0 Å². The molecule has 0 aromatic rings. The molecule has 0 bridgehead atoms. The molecule has 0 aromatic carbocycles. The number of hydrogen-bond acceptors (Lipinski definition) is 4. The monoisotopic (exact) mass is 255 g/mol. The van der Waals surface area contributed by atoms with Crippen molar-refractivity contribution in [3.05, 3.63) is 0 Å². The van der Waals surface area contributed by atoms with Crippen LogP contribution in [0, 0.1) is 0 Å². The van der Waals surface area contributed by atoms with Gasteiger partial charge >= 0.3 is 0 Å². The number of hydrogen-bond donors (Lipinski definition) is 1. The first-order valence-electron chi connectivity index (χ1n) is 6.94. The SMILES string of the molecule is CC1(C)NCCCN(CCN2CCOCC2)C1=O. The summed E-state index contributed by atoms with van der Waals surface area (Å²) >= 11 is 0. The minimum Gasteiger partial charge on any atom is -0.379 e. The van der Waals surface area contributed by atoms with Crippen molar-refractivity contribution in [2.75, 3.05) is 52.5 Å². The highest BCUT2D eigenvalue weighted by Gasteiger charge is 2.33. The highest BCUT2D eigenvalue weighted by Crippen LogP contribution is 2.12. The minimum atomic E-state index is -0.415. The Morgan fingerprint density at radius 1 is 1.22 bits per heavy atom. The molecular weight excluding hydrogens is 230 g/mol. The van der Waals surface area contributed by atoms with Crippen LogP contribution in [-0.2, 0) is 9.53 Å². The number of ether oxygens (including phenoxy) is 1. The molecule has 2 fully saturated rings. The predicted molar refractivity (Wildman–Crippen MR) is 70.5 cm³/mol. The van der Waals surface area contributed by atoms with Gasteiger partial charge in [0, 0.05) is 32.7 Å². The number of nitrogens with one attached hydrogen (secondary N) is 1. The van der Waals surface area contributed by atoms with E-state index in [2.05, 4.69) is 10.2 Å². The summed E-state index contributed by atoms with van der Waals surface area (Å²) < 4.78 is 5.33. The van der Waals surface area contributed by atoms with Gasteiger partial charge < -0.3 is 15.0 Å². The molecule has 2 rings (SSSR count). The molecule has 5 heteroatoms. The van der Waals surface area contributed by atoms with Crippen LogP contribution in [0.25, 0.3) is 0 Å². The molecule has 0 unspecified atom stereocenters. The average molecular weight is 255 g/mol. The van der Waals surface area contributed by atoms with E-state index in [1.807, 2.05) is 18.7 Å². The Balaban J connectivity index is 1.84. The lowest BCUT2D eigenvalue weighted by atomic mass is 10.0. The highest BCUT2D eigenvalue weighted by atomic mass is 16.5. The zero-order chi connectivity index (χ0) is 13.0. The molecule has 2 aliphatic rings. The van der Waals surface area contributed by atoms with Crippen molar-refractivity contribution in [2.24, 2.45) is 0 Å². The van der Waals surface area contributed by atoms with E-state index in [1.165, 1.54) is 0 Å². The molecule has 0 spiro atoms. The van der Waals surface area contributed by atoms with Crippen LogP contribution in [0.15, 0.2) is 0 Å². The van der Waals surface area contributed by atoms with Gasteiger partial charge in [0.15, 0.2) is 0 Å². The second kappa shape index (κ2) is 5.99. The second-order valence-corrected chi connectivity index (χ2v) is 5.65. The lowest BCUT2D eigenvalue weighted by molar-refractivity contribution is -0.136. The molecule has 2 saturated heterocycles. The van der Waals surface area contributed by atoms with E-state index in [0.29, 0.717) is 0 Å². The van der Waals surface area contributed by atoms with Gasteiger partial charge in [-0.3, -0.25) is 9.69 Å². The van der Waals surface area contributed by atoms with E-state index in [1.54, 1.807) is 0 Å². The third kappa shape index (κ3) is 3.43. The fraction of sp³-hybridized carbons (Fsp3) is 0.923. The summed E-state index contributed by atoms with van der Waals surface area (Å²) in [5, 5.41) is 3.31. The second-order valence-electron chi connectivity index (χ2n) is 5.65. The minimum absolute atomic E-state index is 0.230. The van der Waals surface area contributed by atoms with Crippen molar-refractivity contribution >= 4 is 5.91 Å². The third-order valence-corrected chi connectivity index (χ3v) is 3.78. The topological polar surface area (TPSA) is 44.8 Å². The van der Waals surface area contributed by atoms with E-state index < -0.39 is 5.54 Å². The van der Waals surface area contributed by atoms with Crippen molar-refractivity contribution in [3.8, 4) is 0 Å². The van der Waals surface area contributed by atoms with Crippen molar-refractivity contribution in [1.82, 2.24) is 15.1 Å². The van der Waals surface area contributed by atoms with Crippen molar-refractivity contribution in [1.29, 1.82) is 0 Å². The van der Waals surface area contributed by atoms with Gasteiger partial charge in [-0.1, -0.05) is 0 Å².